The molecule has 0 radical (unpaired) electrons. The van der Waals surface area contributed by atoms with Gasteiger partial charge in [0.05, 0.1) is 23.1 Å². The molecule has 0 saturated carbocycles. The zero-order chi connectivity index (χ0) is 36.0. The quantitative estimate of drug-likeness (QED) is 0.0819. The summed E-state index contributed by atoms with van der Waals surface area (Å²) in [5.74, 6) is 0.740. The Labute approximate surface area is 307 Å². The van der Waals surface area contributed by atoms with E-state index in [4.69, 9.17) is 22.3 Å². The van der Waals surface area contributed by atoms with E-state index < -0.39 is 0 Å². The van der Waals surface area contributed by atoms with Crippen LogP contribution in [0.1, 0.15) is 78.7 Å². The lowest BCUT2D eigenvalue weighted by molar-refractivity contribution is 0.372. The highest BCUT2D eigenvalue weighted by Crippen LogP contribution is 2.44. The number of benzene rings is 5. The van der Waals surface area contributed by atoms with Gasteiger partial charge in [-0.25, -0.2) is 0 Å². The number of hydrogen-bond acceptors (Lipinski definition) is 5. The van der Waals surface area contributed by atoms with E-state index in [0.717, 1.165) is 77.1 Å². The highest BCUT2D eigenvalue weighted by Gasteiger charge is 2.29. The van der Waals surface area contributed by atoms with Crippen molar-refractivity contribution in [2.75, 3.05) is 0 Å². The van der Waals surface area contributed by atoms with Gasteiger partial charge in [0.1, 0.15) is 0 Å². The summed E-state index contributed by atoms with van der Waals surface area (Å²) in [5.41, 5.74) is 23.6. The molecule has 6 N–H and O–H groups in total. The minimum absolute atomic E-state index is 0.0469. The van der Waals surface area contributed by atoms with Gasteiger partial charge in [0.15, 0.2) is 0 Å². The molecule has 0 amide bonds. The maximum absolute atomic E-state index is 10.0. The Kier molecular flexibility index (Phi) is 10.7. The highest BCUT2D eigenvalue weighted by atomic mass is 14.7. The van der Waals surface area contributed by atoms with Crippen LogP contribution < -0.4 is 11.5 Å². The van der Waals surface area contributed by atoms with Crippen LogP contribution in [0.15, 0.2) is 127 Å². The molecule has 0 aromatic heterocycles. The summed E-state index contributed by atoms with van der Waals surface area (Å²) < 4.78 is 0. The molecule has 0 fully saturated rings. The maximum atomic E-state index is 10.0. The molecule has 0 aliphatic heterocycles. The van der Waals surface area contributed by atoms with Crippen molar-refractivity contribution in [2.45, 2.75) is 69.4 Å². The van der Waals surface area contributed by atoms with Crippen LogP contribution in [0, 0.1) is 28.1 Å². The van der Waals surface area contributed by atoms with Gasteiger partial charge in [-0.1, -0.05) is 103 Å². The van der Waals surface area contributed by atoms with E-state index >= 15 is 0 Å². The lowest BCUT2D eigenvalue weighted by Gasteiger charge is -2.33. The number of nitrogens with two attached hydrogens (primary N) is 2. The molecule has 52 heavy (non-hydrogen) atoms. The molecule has 2 aliphatic rings. The SMILES string of the molecule is N#Cc1ccc(-c2cccc3c2CCCC3C(N)CCC(N)C2C=CCCC2)c(-c2cccc3c(C(=N)/C=C\C(=N)c4ccccc4)cccc23)c1. The summed E-state index contributed by atoms with van der Waals surface area (Å²) in [6.07, 6.45) is 16.6. The minimum Gasteiger partial charge on any atom is -0.327 e. The van der Waals surface area contributed by atoms with Crippen LogP contribution in [-0.2, 0) is 6.42 Å². The third kappa shape index (κ3) is 7.32. The number of hydrogen-bond donors (Lipinski definition) is 4. The predicted octanol–water partition coefficient (Wildman–Crippen LogP) is 10.2. The first-order valence-electron chi connectivity index (χ1n) is 18.7. The molecular weight excluding hydrogens is 635 g/mol. The number of fused-ring (bicyclic) bond motifs is 2. The zero-order valence-corrected chi connectivity index (χ0v) is 29.7. The fourth-order valence-corrected chi connectivity index (χ4v) is 8.40. The molecule has 260 valence electrons. The van der Waals surface area contributed by atoms with Gasteiger partial charge in [0.25, 0.3) is 0 Å². The summed E-state index contributed by atoms with van der Waals surface area (Å²) in [6, 6.07) is 37.1. The Morgan fingerprint density at radius 1 is 0.731 bits per heavy atom. The van der Waals surface area contributed by atoms with Crippen LogP contribution in [0.25, 0.3) is 33.0 Å². The first kappa shape index (κ1) is 35.0. The molecule has 7 rings (SSSR count). The number of nitrogens with zero attached hydrogens (tertiary/aromatic N) is 1. The van der Waals surface area contributed by atoms with Crippen LogP contribution in [0.5, 0.6) is 0 Å². The van der Waals surface area contributed by atoms with Crippen molar-refractivity contribution < 1.29 is 0 Å². The number of rotatable bonds is 11. The molecule has 0 heterocycles. The van der Waals surface area contributed by atoms with E-state index in [9.17, 15) is 5.26 Å². The summed E-state index contributed by atoms with van der Waals surface area (Å²) in [6.45, 7) is 0. The number of nitrogens with one attached hydrogen (secondary N) is 2. The van der Waals surface area contributed by atoms with Gasteiger partial charge >= 0.3 is 0 Å². The Hall–Kier alpha value is -5.41. The molecule has 5 aromatic carbocycles. The van der Waals surface area contributed by atoms with Crippen molar-refractivity contribution in [3.63, 3.8) is 0 Å². The summed E-state index contributed by atoms with van der Waals surface area (Å²) in [4.78, 5) is 0. The molecule has 0 saturated heterocycles. The average Bonchev–Trinajstić information content (AvgIpc) is 3.21. The summed E-state index contributed by atoms with van der Waals surface area (Å²) in [5, 5.41) is 29.5. The topological polar surface area (TPSA) is 124 Å². The molecule has 4 unspecified atom stereocenters. The van der Waals surface area contributed by atoms with Crippen LogP contribution in [0.3, 0.4) is 0 Å². The lowest BCUT2D eigenvalue weighted by atomic mass is 9.74. The predicted molar refractivity (Wildman–Crippen MR) is 216 cm³/mol. The standard InChI is InChI=1S/C47H47N5/c48-30-31-23-24-40(35-15-7-18-37-34(35)16-9-21-41(37)46(51)27-25-44(49)32-11-3-1-4-12-32)43(29-31)39-20-8-19-38-36(39)17-10-22-42(38)47(52)28-26-45(50)33-13-5-2-6-14-33/h2-3,5-8,10-11,13-15,17-20,22-24,26,28-29,32,41,44,46,50,52H,1,4,9,12,16,21,25,27,49,51H2/b28-26-,50-45?,52-47?. The number of allylic oxidation sites excluding steroid dienone is 3. The van der Waals surface area contributed by atoms with Gasteiger partial charge in [0, 0.05) is 17.6 Å². The minimum atomic E-state index is 0.0469. The van der Waals surface area contributed by atoms with Crippen molar-refractivity contribution >= 4 is 22.2 Å². The summed E-state index contributed by atoms with van der Waals surface area (Å²) >= 11 is 0. The van der Waals surface area contributed by atoms with Crippen molar-refractivity contribution in [3.8, 4) is 28.3 Å². The second kappa shape index (κ2) is 15.9. The zero-order valence-electron chi connectivity index (χ0n) is 29.7. The van der Waals surface area contributed by atoms with Gasteiger partial charge in [-0.3, -0.25) is 0 Å². The monoisotopic (exact) mass is 681 g/mol. The van der Waals surface area contributed by atoms with Crippen LogP contribution >= 0.6 is 0 Å². The lowest BCUT2D eigenvalue weighted by Crippen LogP contribution is -2.35. The summed E-state index contributed by atoms with van der Waals surface area (Å²) in [7, 11) is 0. The maximum Gasteiger partial charge on any atom is 0.0991 e. The van der Waals surface area contributed by atoms with E-state index in [-0.39, 0.29) is 18.0 Å². The molecule has 5 heteroatoms. The van der Waals surface area contributed by atoms with E-state index in [0.29, 0.717) is 22.9 Å². The number of nitriles is 1. The fourth-order valence-electron chi connectivity index (χ4n) is 8.40. The average molecular weight is 682 g/mol. The third-order valence-corrected chi connectivity index (χ3v) is 11.2. The molecule has 5 aromatic rings. The van der Waals surface area contributed by atoms with Crippen molar-refractivity contribution in [3.05, 3.63) is 155 Å². The van der Waals surface area contributed by atoms with E-state index in [2.05, 4.69) is 60.7 Å². The molecule has 0 bridgehead atoms. The first-order chi connectivity index (χ1) is 25.4. The Morgan fingerprint density at radius 2 is 1.48 bits per heavy atom. The van der Waals surface area contributed by atoms with Gasteiger partial charge in [-0.2, -0.15) is 5.26 Å². The second-order valence-corrected chi connectivity index (χ2v) is 14.4. The van der Waals surface area contributed by atoms with Crippen LogP contribution in [-0.4, -0.2) is 23.5 Å². The van der Waals surface area contributed by atoms with Gasteiger partial charge in [-0.05, 0) is 137 Å². The van der Waals surface area contributed by atoms with Crippen molar-refractivity contribution in [2.24, 2.45) is 17.4 Å². The Balaban J connectivity index is 1.23. The van der Waals surface area contributed by atoms with Crippen molar-refractivity contribution in [1.82, 2.24) is 0 Å². The molecule has 4 atom stereocenters. The van der Waals surface area contributed by atoms with E-state index in [1.54, 1.807) is 12.2 Å². The second-order valence-electron chi connectivity index (χ2n) is 14.4. The van der Waals surface area contributed by atoms with E-state index in [1.165, 1.54) is 29.5 Å². The van der Waals surface area contributed by atoms with Gasteiger partial charge in [0.2, 0.25) is 0 Å². The molecule has 5 nitrogen and oxygen atoms in total. The first-order valence-corrected chi connectivity index (χ1v) is 18.7. The van der Waals surface area contributed by atoms with Gasteiger partial charge < -0.3 is 22.3 Å². The van der Waals surface area contributed by atoms with E-state index in [1.807, 2.05) is 60.7 Å². The molecular formula is C47H47N5. The Morgan fingerprint density at radius 3 is 2.29 bits per heavy atom. The normalized spacial score (nSPS) is 18.1. The van der Waals surface area contributed by atoms with Crippen LogP contribution in [0.4, 0.5) is 0 Å². The van der Waals surface area contributed by atoms with Crippen molar-refractivity contribution in [1.29, 1.82) is 16.1 Å². The molecule has 2 aliphatic carbocycles. The highest BCUT2D eigenvalue weighted by molar-refractivity contribution is 6.19. The fraction of sp³-hybridized carbons (Fsp3) is 0.255. The van der Waals surface area contributed by atoms with Gasteiger partial charge in [-0.15, -0.1) is 0 Å². The Bertz CT molecular complexity index is 2210. The smallest absolute Gasteiger partial charge is 0.0991 e. The third-order valence-electron chi connectivity index (χ3n) is 11.2. The largest absolute Gasteiger partial charge is 0.327 e. The molecule has 0 spiro atoms. The van der Waals surface area contributed by atoms with Crippen LogP contribution in [0.2, 0.25) is 0 Å².